The summed E-state index contributed by atoms with van der Waals surface area (Å²) >= 11 is 11.7. The molecule has 2 nitrogen and oxygen atoms in total. The van der Waals surface area contributed by atoms with Crippen molar-refractivity contribution in [3.05, 3.63) is 28.2 Å². The van der Waals surface area contributed by atoms with E-state index in [9.17, 15) is 5.11 Å². The van der Waals surface area contributed by atoms with Crippen LogP contribution in [0.25, 0.3) is 0 Å². The van der Waals surface area contributed by atoms with Crippen molar-refractivity contribution >= 4 is 23.2 Å². The van der Waals surface area contributed by atoms with Crippen molar-refractivity contribution in [3.8, 4) is 5.75 Å². The lowest BCUT2D eigenvalue weighted by atomic mass is 10.2. The van der Waals surface area contributed by atoms with Crippen molar-refractivity contribution in [3.63, 3.8) is 0 Å². The van der Waals surface area contributed by atoms with Crippen LogP contribution in [0.3, 0.4) is 0 Å². The minimum Gasteiger partial charge on any atom is -0.487 e. The average Bonchev–Trinajstić information content (AvgIpc) is 2.01. The summed E-state index contributed by atoms with van der Waals surface area (Å²) in [5.74, 6) is 0.415. The predicted octanol–water partition coefficient (Wildman–Crippen LogP) is 3.14. The molecule has 1 aromatic carbocycles. The van der Waals surface area contributed by atoms with Gasteiger partial charge in [-0.2, -0.15) is 0 Å². The zero-order valence-electron chi connectivity index (χ0n) is 8.05. The summed E-state index contributed by atoms with van der Waals surface area (Å²) in [6, 6.07) is 5.11. The molecule has 0 heterocycles. The van der Waals surface area contributed by atoms with Gasteiger partial charge >= 0.3 is 0 Å². The number of benzene rings is 1. The Morgan fingerprint density at radius 2 is 1.79 bits per heavy atom. The zero-order chi connectivity index (χ0) is 10.8. The van der Waals surface area contributed by atoms with Gasteiger partial charge in [-0.3, -0.25) is 0 Å². The average molecular weight is 235 g/mol. The summed E-state index contributed by atoms with van der Waals surface area (Å²) in [5, 5.41) is 10.3. The minimum atomic E-state index is -0.900. The summed E-state index contributed by atoms with van der Waals surface area (Å²) < 4.78 is 5.32. The number of hydrogen-bond donors (Lipinski definition) is 1. The van der Waals surface area contributed by atoms with Gasteiger partial charge in [0.25, 0.3) is 0 Å². The lowest BCUT2D eigenvalue weighted by Crippen LogP contribution is -2.28. The second kappa shape index (κ2) is 4.39. The highest BCUT2D eigenvalue weighted by Crippen LogP contribution is 2.32. The van der Waals surface area contributed by atoms with Gasteiger partial charge in [0.1, 0.15) is 6.61 Å². The van der Waals surface area contributed by atoms with Crippen LogP contribution < -0.4 is 4.74 Å². The van der Waals surface area contributed by atoms with Crippen molar-refractivity contribution in [2.45, 2.75) is 19.4 Å². The lowest BCUT2D eigenvalue weighted by molar-refractivity contribution is 0.0286. The summed E-state index contributed by atoms with van der Waals surface area (Å²) in [6.45, 7) is 3.45. The SMILES string of the molecule is CC(C)(O)COc1c(Cl)cccc1Cl. The summed E-state index contributed by atoms with van der Waals surface area (Å²) in [5.41, 5.74) is -0.900. The Morgan fingerprint density at radius 3 is 2.21 bits per heavy atom. The van der Waals surface area contributed by atoms with Crippen LogP contribution in [0.5, 0.6) is 5.75 Å². The highest BCUT2D eigenvalue weighted by molar-refractivity contribution is 6.37. The van der Waals surface area contributed by atoms with E-state index in [0.717, 1.165) is 0 Å². The number of aliphatic hydroxyl groups is 1. The highest BCUT2D eigenvalue weighted by Gasteiger charge is 2.15. The Kier molecular flexibility index (Phi) is 3.65. The first-order valence-electron chi connectivity index (χ1n) is 4.19. The fourth-order valence-corrected chi connectivity index (χ4v) is 1.38. The van der Waals surface area contributed by atoms with Crippen LogP contribution in [0.4, 0.5) is 0 Å². The number of para-hydroxylation sites is 1. The molecule has 1 rings (SSSR count). The molecule has 0 atom stereocenters. The molecule has 0 spiro atoms. The third-order valence-electron chi connectivity index (χ3n) is 1.49. The third-order valence-corrected chi connectivity index (χ3v) is 2.08. The minimum absolute atomic E-state index is 0.149. The molecule has 78 valence electrons. The van der Waals surface area contributed by atoms with Crippen molar-refractivity contribution in [1.29, 1.82) is 0 Å². The van der Waals surface area contributed by atoms with Gasteiger partial charge in [0, 0.05) is 0 Å². The smallest absolute Gasteiger partial charge is 0.156 e. The Bertz CT molecular complexity index is 298. The van der Waals surface area contributed by atoms with Gasteiger partial charge in [0.05, 0.1) is 15.6 Å². The van der Waals surface area contributed by atoms with Gasteiger partial charge in [-0.15, -0.1) is 0 Å². The van der Waals surface area contributed by atoms with E-state index in [2.05, 4.69) is 0 Å². The highest BCUT2D eigenvalue weighted by atomic mass is 35.5. The molecular formula is C10H12Cl2O2. The Morgan fingerprint density at radius 1 is 1.29 bits per heavy atom. The standard InChI is InChI=1S/C10H12Cl2O2/c1-10(2,13)6-14-9-7(11)4-3-5-8(9)12/h3-5,13H,6H2,1-2H3. The molecule has 0 aliphatic rings. The van der Waals surface area contributed by atoms with E-state index in [4.69, 9.17) is 27.9 Å². The molecule has 0 unspecified atom stereocenters. The molecule has 0 bridgehead atoms. The van der Waals surface area contributed by atoms with E-state index in [1.54, 1.807) is 32.0 Å². The zero-order valence-corrected chi connectivity index (χ0v) is 9.56. The molecule has 0 saturated heterocycles. The van der Waals surface area contributed by atoms with Crippen molar-refractivity contribution < 1.29 is 9.84 Å². The molecule has 0 aliphatic heterocycles. The van der Waals surface area contributed by atoms with Gasteiger partial charge in [-0.05, 0) is 26.0 Å². The molecule has 0 amide bonds. The topological polar surface area (TPSA) is 29.5 Å². The van der Waals surface area contributed by atoms with Crippen LogP contribution in [0.2, 0.25) is 10.0 Å². The molecule has 0 radical (unpaired) electrons. The molecular weight excluding hydrogens is 223 g/mol. The number of ether oxygens (including phenoxy) is 1. The molecule has 0 saturated carbocycles. The third kappa shape index (κ3) is 3.37. The number of hydrogen-bond acceptors (Lipinski definition) is 2. The summed E-state index contributed by atoms with van der Waals surface area (Å²) in [4.78, 5) is 0. The number of halogens is 2. The van der Waals surface area contributed by atoms with E-state index >= 15 is 0 Å². The van der Waals surface area contributed by atoms with Crippen molar-refractivity contribution in [2.24, 2.45) is 0 Å². The maximum absolute atomic E-state index is 9.45. The second-order valence-corrected chi connectivity index (χ2v) is 4.47. The van der Waals surface area contributed by atoms with Crippen LogP contribution in [0.1, 0.15) is 13.8 Å². The Balaban J connectivity index is 2.77. The normalized spacial score (nSPS) is 11.5. The van der Waals surface area contributed by atoms with Crippen LogP contribution >= 0.6 is 23.2 Å². The Labute approximate surface area is 93.4 Å². The van der Waals surface area contributed by atoms with E-state index in [-0.39, 0.29) is 6.61 Å². The molecule has 0 aliphatic carbocycles. The summed E-state index contributed by atoms with van der Waals surface area (Å²) in [6.07, 6.45) is 0. The number of rotatable bonds is 3. The fraction of sp³-hybridized carbons (Fsp3) is 0.400. The maximum Gasteiger partial charge on any atom is 0.156 e. The largest absolute Gasteiger partial charge is 0.487 e. The van der Waals surface area contributed by atoms with Crippen LogP contribution in [0, 0.1) is 0 Å². The Hall–Kier alpha value is -0.440. The first-order valence-corrected chi connectivity index (χ1v) is 4.95. The maximum atomic E-state index is 9.45. The quantitative estimate of drug-likeness (QED) is 0.871. The van der Waals surface area contributed by atoms with E-state index < -0.39 is 5.60 Å². The van der Waals surface area contributed by atoms with Gasteiger partial charge < -0.3 is 9.84 Å². The van der Waals surface area contributed by atoms with Gasteiger partial charge in [-0.25, -0.2) is 0 Å². The molecule has 4 heteroatoms. The second-order valence-electron chi connectivity index (χ2n) is 3.65. The van der Waals surface area contributed by atoms with Crippen LogP contribution in [0.15, 0.2) is 18.2 Å². The van der Waals surface area contributed by atoms with Gasteiger partial charge in [0.2, 0.25) is 0 Å². The predicted molar refractivity (Wildman–Crippen MR) is 58.3 cm³/mol. The van der Waals surface area contributed by atoms with E-state index in [1.165, 1.54) is 0 Å². The summed E-state index contributed by atoms with van der Waals surface area (Å²) in [7, 11) is 0. The van der Waals surface area contributed by atoms with Crippen molar-refractivity contribution in [1.82, 2.24) is 0 Å². The van der Waals surface area contributed by atoms with E-state index in [1.807, 2.05) is 0 Å². The molecule has 14 heavy (non-hydrogen) atoms. The first kappa shape index (κ1) is 11.6. The van der Waals surface area contributed by atoms with Crippen molar-refractivity contribution in [2.75, 3.05) is 6.61 Å². The molecule has 1 aromatic rings. The molecule has 0 fully saturated rings. The molecule has 1 N–H and O–H groups in total. The van der Waals surface area contributed by atoms with E-state index in [0.29, 0.717) is 15.8 Å². The van der Waals surface area contributed by atoms with Gasteiger partial charge in [0.15, 0.2) is 5.75 Å². The monoisotopic (exact) mass is 234 g/mol. The lowest BCUT2D eigenvalue weighted by Gasteiger charge is -2.18. The van der Waals surface area contributed by atoms with Crippen LogP contribution in [-0.2, 0) is 0 Å². The van der Waals surface area contributed by atoms with Gasteiger partial charge in [-0.1, -0.05) is 29.3 Å². The fourth-order valence-electron chi connectivity index (χ4n) is 0.869. The molecule has 0 aromatic heterocycles. The van der Waals surface area contributed by atoms with Crippen LogP contribution in [-0.4, -0.2) is 17.3 Å². The first-order chi connectivity index (χ1) is 6.40.